The summed E-state index contributed by atoms with van der Waals surface area (Å²) in [5.74, 6) is -0.333. The number of nitrogens with zero attached hydrogens (tertiary/aromatic N) is 1. The zero-order valence-corrected chi connectivity index (χ0v) is 6.60. The Morgan fingerprint density at radius 2 is 1.80 bits per heavy atom. The number of rotatable bonds is 0. The van der Waals surface area contributed by atoms with Crippen LogP contribution in [0.5, 0.6) is 0 Å². The van der Waals surface area contributed by atoms with Crippen LogP contribution in [0.4, 0.5) is 0 Å². The van der Waals surface area contributed by atoms with E-state index in [9.17, 15) is 0 Å². The van der Waals surface area contributed by atoms with Crippen molar-refractivity contribution in [2.45, 2.75) is 6.92 Å². The van der Waals surface area contributed by atoms with Gasteiger partial charge in [0.15, 0.2) is 5.96 Å². The second-order valence-electron chi connectivity index (χ2n) is 0.872. The van der Waals surface area contributed by atoms with Gasteiger partial charge in [0.25, 0.3) is 0 Å². The molecule has 0 atom stereocenters. The van der Waals surface area contributed by atoms with E-state index < -0.39 is 0 Å². The highest BCUT2D eigenvalue weighted by Gasteiger charge is 1.52. The van der Waals surface area contributed by atoms with E-state index in [2.05, 4.69) is 24.1 Å². The number of aliphatic hydroxyl groups excluding tert-OH is 1. The van der Waals surface area contributed by atoms with E-state index in [0.29, 0.717) is 0 Å². The standard InChI is InChI=1S/C2H6O.CH5N3.CHNS/c1-2-3;2-1(3)4;2-1-3/h3H,2H2,1H3;(H5,2,3,4);3H. The lowest BCUT2D eigenvalue weighted by Gasteiger charge is -1.69. The van der Waals surface area contributed by atoms with Crippen molar-refractivity contribution in [1.29, 1.82) is 10.7 Å². The maximum Gasteiger partial charge on any atom is 0.183 e. The van der Waals surface area contributed by atoms with Crippen LogP contribution in [0.3, 0.4) is 0 Å². The minimum atomic E-state index is -0.333. The van der Waals surface area contributed by atoms with E-state index in [1.165, 1.54) is 5.40 Å². The van der Waals surface area contributed by atoms with Gasteiger partial charge >= 0.3 is 0 Å². The van der Waals surface area contributed by atoms with Crippen LogP contribution in [-0.4, -0.2) is 17.7 Å². The highest BCUT2D eigenvalue weighted by molar-refractivity contribution is 7.85. The number of nitriles is 1. The fourth-order valence-corrected chi connectivity index (χ4v) is 0. The van der Waals surface area contributed by atoms with Crippen molar-refractivity contribution in [1.82, 2.24) is 0 Å². The van der Waals surface area contributed by atoms with Gasteiger partial charge in [-0.3, -0.25) is 5.41 Å². The second kappa shape index (κ2) is 24.4. The predicted molar refractivity (Wildman–Crippen MR) is 43.5 cm³/mol. The summed E-state index contributed by atoms with van der Waals surface area (Å²) in [6.07, 6.45) is 0. The zero-order chi connectivity index (χ0) is 8.99. The summed E-state index contributed by atoms with van der Waals surface area (Å²) >= 11 is 3.09. The number of hydrogen-bond donors (Lipinski definition) is 5. The molecule has 0 radical (unpaired) electrons. The molecule has 0 fully saturated rings. The van der Waals surface area contributed by atoms with Crippen molar-refractivity contribution in [2.75, 3.05) is 6.61 Å². The van der Waals surface area contributed by atoms with Crippen LogP contribution in [-0.2, 0) is 0 Å². The summed E-state index contributed by atoms with van der Waals surface area (Å²) in [6.45, 7) is 1.93. The Morgan fingerprint density at radius 3 is 1.80 bits per heavy atom. The fourth-order valence-electron chi connectivity index (χ4n) is 0. The first-order valence-corrected chi connectivity index (χ1v) is 2.75. The average molecular weight is 164 g/mol. The lowest BCUT2D eigenvalue weighted by atomic mass is 10.9. The van der Waals surface area contributed by atoms with Gasteiger partial charge in [-0.25, -0.2) is 0 Å². The normalized spacial score (nSPS) is 5.00. The molecule has 10 heavy (non-hydrogen) atoms. The van der Waals surface area contributed by atoms with Gasteiger partial charge in [0, 0.05) is 6.61 Å². The van der Waals surface area contributed by atoms with Gasteiger partial charge in [-0.15, -0.1) is 0 Å². The Hall–Kier alpha value is -0.930. The molecule has 0 saturated heterocycles. The molecule has 0 aliphatic heterocycles. The largest absolute Gasteiger partial charge is 0.397 e. The topological polar surface area (TPSA) is 120 Å². The molecular weight excluding hydrogens is 152 g/mol. The van der Waals surface area contributed by atoms with Crippen molar-refractivity contribution < 1.29 is 5.11 Å². The van der Waals surface area contributed by atoms with Gasteiger partial charge in [-0.05, 0) is 6.92 Å². The first-order valence-electron chi connectivity index (χ1n) is 2.30. The smallest absolute Gasteiger partial charge is 0.183 e. The van der Waals surface area contributed by atoms with Crippen LogP contribution in [0.2, 0.25) is 0 Å². The van der Waals surface area contributed by atoms with Crippen LogP contribution < -0.4 is 11.5 Å². The highest BCUT2D eigenvalue weighted by atomic mass is 32.1. The molecule has 0 amide bonds. The molecule has 0 aromatic carbocycles. The predicted octanol–water partition coefficient (Wildman–Crippen LogP) is -0.766. The Balaban J connectivity index is -0.0000000750. The highest BCUT2D eigenvalue weighted by Crippen LogP contribution is 1.46. The molecule has 6 N–H and O–H groups in total. The van der Waals surface area contributed by atoms with E-state index in [1.54, 1.807) is 6.92 Å². The molecule has 0 rings (SSSR count). The molecule has 0 spiro atoms. The molecule has 0 aliphatic carbocycles. The number of guanidine groups is 1. The molecule has 0 heterocycles. The minimum Gasteiger partial charge on any atom is -0.397 e. The van der Waals surface area contributed by atoms with Crippen molar-refractivity contribution in [3.8, 4) is 5.40 Å². The number of nitrogens with two attached hydrogens (primary N) is 2. The molecule has 0 saturated carbocycles. The van der Waals surface area contributed by atoms with Crippen LogP contribution in [0.1, 0.15) is 6.92 Å². The summed E-state index contributed by atoms with van der Waals surface area (Å²) in [5, 5.41) is 22.3. The Kier molecular flexibility index (Phi) is 39.0. The van der Waals surface area contributed by atoms with E-state index in [-0.39, 0.29) is 12.6 Å². The van der Waals surface area contributed by atoms with E-state index in [0.717, 1.165) is 0 Å². The van der Waals surface area contributed by atoms with E-state index in [1.807, 2.05) is 0 Å². The Labute approximate surface area is 65.6 Å². The molecular formula is C4H12N4OS. The molecule has 0 aliphatic rings. The second-order valence-corrected chi connectivity index (χ2v) is 1.07. The van der Waals surface area contributed by atoms with Crippen LogP contribution in [0, 0.1) is 16.1 Å². The molecule has 6 heteroatoms. The number of nitrogens with one attached hydrogen (secondary N) is 1. The average Bonchev–Trinajstić information content (AvgIpc) is 1.65. The summed E-state index contributed by atoms with van der Waals surface area (Å²) in [7, 11) is 0. The maximum atomic E-state index is 7.57. The number of aliphatic hydroxyl groups is 1. The summed E-state index contributed by atoms with van der Waals surface area (Å²) in [6, 6.07) is 0. The number of hydrogen-bond acceptors (Lipinski definition) is 4. The SMILES string of the molecule is CCO.N#CS.N=C(N)N. The van der Waals surface area contributed by atoms with Gasteiger partial charge in [0.05, 0.1) is 0 Å². The van der Waals surface area contributed by atoms with Gasteiger partial charge < -0.3 is 16.6 Å². The third kappa shape index (κ3) is 301. The van der Waals surface area contributed by atoms with Crippen molar-refractivity contribution in [3.63, 3.8) is 0 Å². The minimum absolute atomic E-state index is 0.250. The van der Waals surface area contributed by atoms with Crippen molar-refractivity contribution >= 4 is 18.6 Å². The number of thiol groups is 1. The fraction of sp³-hybridized carbons (Fsp3) is 0.500. The molecule has 0 unspecified atom stereocenters. The van der Waals surface area contributed by atoms with Crippen LogP contribution in [0.15, 0.2) is 0 Å². The van der Waals surface area contributed by atoms with Gasteiger partial charge in [-0.1, -0.05) is 12.6 Å². The Morgan fingerprint density at radius 1 is 1.80 bits per heavy atom. The van der Waals surface area contributed by atoms with Crippen LogP contribution >= 0.6 is 12.6 Å². The molecule has 0 bridgehead atoms. The van der Waals surface area contributed by atoms with Gasteiger partial charge in [0.2, 0.25) is 0 Å². The first-order chi connectivity index (χ1) is 4.56. The van der Waals surface area contributed by atoms with E-state index in [4.69, 9.17) is 15.8 Å². The van der Waals surface area contributed by atoms with Gasteiger partial charge in [0.1, 0.15) is 5.40 Å². The first kappa shape index (κ1) is 16.0. The van der Waals surface area contributed by atoms with Crippen molar-refractivity contribution in [2.24, 2.45) is 11.5 Å². The Bertz CT molecular complexity index is 95.9. The number of thiocyanates is 1. The molecule has 60 valence electrons. The van der Waals surface area contributed by atoms with E-state index >= 15 is 0 Å². The summed E-state index contributed by atoms with van der Waals surface area (Å²) in [5.41, 5.74) is 8.94. The molecule has 5 nitrogen and oxygen atoms in total. The zero-order valence-electron chi connectivity index (χ0n) is 5.70. The van der Waals surface area contributed by atoms with Crippen LogP contribution in [0.25, 0.3) is 0 Å². The molecule has 0 aromatic heterocycles. The lowest BCUT2D eigenvalue weighted by Crippen LogP contribution is -2.20. The maximum absolute atomic E-state index is 7.57. The third-order valence-corrected chi connectivity index (χ3v) is 0. The molecule has 0 aromatic rings. The third-order valence-electron chi connectivity index (χ3n) is 0. The quantitative estimate of drug-likeness (QED) is 0.140. The monoisotopic (exact) mass is 164 g/mol. The lowest BCUT2D eigenvalue weighted by molar-refractivity contribution is 0.318. The van der Waals surface area contributed by atoms with Gasteiger partial charge in [-0.2, -0.15) is 5.26 Å². The van der Waals surface area contributed by atoms with Crippen molar-refractivity contribution in [3.05, 3.63) is 0 Å². The summed E-state index contributed by atoms with van der Waals surface area (Å²) < 4.78 is 0. The summed E-state index contributed by atoms with van der Waals surface area (Å²) in [4.78, 5) is 0.